The van der Waals surface area contributed by atoms with Crippen LogP contribution >= 0.6 is 0 Å². The van der Waals surface area contributed by atoms with Crippen molar-refractivity contribution in [1.82, 2.24) is 5.32 Å². The molecule has 2 aliphatic heterocycles. The van der Waals surface area contributed by atoms with Crippen LogP contribution in [-0.2, 0) is 4.74 Å². The van der Waals surface area contributed by atoms with Crippen LogP contribution in [0.3, 0.4) is 0 Å². The lowest BCUT2D eigenvalue weighted by Gasteiger charge is -2.30. The normalized spacial score (nSPS) is 17.8. The molecule has 0 bridgehead atoms. The van der Waals surface area contributed by atoms with E-state index in [4.69, 9.17) is 14.2 Å². The number of hydrogen-bond donors (Lipinski definition) is 2. The minimum atomic E-state index is -0.370. The van der Waals surface area contributed by atoms with Crippen molar-refractivity contribution in [3.63, 3.8) is 0 Å². The Hall–Kier alpha value is -3.26. The number of benzene rings is 2. The molecule has 0 spiro atoms. The minimum Gasteiger partial charge on any atom is -0.496 e. The molecule has 0 radical (unpaired) electrons. The summed E-state index contributed by atoms with van der Waals surface area (Å²) in [5.41, 5.74) is 2.26. The van der Waals surface area contributed by atoms with E-state index in [2.05, 4.69) is 15.5 Å². The van der Waals surface area contributed by atoms with E-state index in [0.717, 1.165) is 51.1 Å². The van der Waals surface area contributed by atoms with Crippen LogP contribution in [-0.4, -0.2) is 58.4 Å². The molecule has 2 aliphatic rings. The smallest absolute Gasteiger partial charge is 0.263 e. The highest BCUT2D eigenvalue weighted by Crippen LogP contribution is 2.31. The zero-order valence-corrected chi connectivity index (χ0v) is 19.9. The van der Waals surface area contributed by atoms with Gasteiger partial charge in [0.2, 0.25) is 0 Å². The van der Waals surface area contributed by atoms with Crippen LogP contribution in [0, 0.1) is 0 Å². The fourth-order valence-electron chi connectivity index (χ4n) is 4.58. The highest BCUT2D eigenvalue weighted by Gasteiger charge is 2.23. The first kappa shape index (κ1) is 23.9. The van der Waals surface area contributed by atoms with Crippen LogP contribution in [0.25, 0.3) is 0 Å². The van der Waals surface area contributed by atoms with E-state index in [1.54, 1.807) is 24.3 Å². The second-order valence-electron chi connectivity index (χ2n) is 8.62. The Morgan fingerprint density at radius 1 is 1.00 bits per heavy atom. The zero-order valence-electron chi connectivity index (χ0n) is 19.9. The summed E-state index contributed by atoms with van der Waals surface area (Å²) in [5, 5.41) is 5.93. The minimum absolute atomic E-state index is 0.0586. The number of nitrogens with zero attached hydrogens (tertiary/aromatic N) is 1. The molecule has 4 rings (SSSR count). The topological polar surface area (TPSA) is 89.1 Å². The second kappa shape index (κ2) is 11.2. The second-order valence-corrected chi connectivity index (χ2v) is 8.62. The fraction of sp³-hybridized carbons (Fsp3) is 0.462. The fourth-order valence-corrected chi connectivity index (χ4v) is 4.58. The summed E-state index contributed by atoms with van der Waals surface area (Å²) in [4.78, 5) is 28.6. The van der Waals surface area contributed by atoms with Gasteiger partial charge in [-0.3, -0.25) is 9.59 Å². The van der Waals surface area contributed by atoms with Crippen molar-refractivity contribution in [2.24, 2.45) is 0 Å². The molecule has 8 nitrogen and oxygen atoms in total. The summed E-state index contributed by atoms with van der Waals surface area (Å²) >= 11 is 0. The van der Waals surface area contributed by atoms with Gasteiger partial charge in [0, 0.05) is 37.6 Å². The van der Waals surface area contributed by atoms with Crippen LogP contribution in [0.4, 0.5) is 11.4 Å². The lowest BCUT2D eigenvalue weighted by molar-refractivity contribution is 0.0858. The molecule has 2 aromatic rings. The molecule has 182 valence electrons. The van der Waals surface area contributed by atoms with Crippen LogP contribution in [0.5, 0.6) is 11.5 Å². The van der Waals surface area contributed by atoms with Crippen molar-refractivity contribution in [3.05, 3.63) is 47.5 Å². The summed E-state index contributed by atoms with van der Waals surface area (Å²) in [6, 6.07) is 10.7. The third-order valence-electron chi connectivity index (χ3n) is 6.36. The average Bonchev–Trinajstić information content (AvgIpc) is 3.41. The lowest BCUT2D eigenvalue weighted by atomic mass is 10.1. The molecule has 2 heterocycles. The standard InChI is InChI=1S/C26H33N3O5/c1-32-22-9-6-10-23(33-2)24(22)26(31)28-18-11-12-21(29-13-4-3-5-14-29)20(16-18)25(30)27-17-19-8-7-15-34-19/h6,9-12,16,19H,3-5,7-8,13-15,17H2,1-2H3,(H,27,30)(H,28,31). The lowest BCUT2D eigenvalue weighted by Crippen LogP contribution is -2.35. The van der Waals surface area contributed by atoms with Gasteiger partial charge in [0.05, 0.1) is 25.9 Å². The van der Waals surface area contributed by atoms with Gasteiger partial charge >= 0.3 is 0 Å². The number of carbonyl (C=O) groups excluding carboxylic acids is 2. The van der Waals surface area contributed by atoms with Gasteiger partial charge < -0.3 is 29.7 Å². The number of rotatable bonds is 8. The highest BCUT2D eigenvalue weighted by molar-refractivity contribution is 6.09. The Balaban J connectivity index is 1.59. The quantitative estimate of drug-likeness (QED) is 0.613. The molecule has 2 aromatic carbocycles. The van der Waals surface area contributed by atoms with Crippen molar-refractivity contribution in [2.45, 2.75) is 38.2 Å². The van der Waals surface area contributed by atoms with Gasteiger partial charge in [-0.05, 0) is 62.4 Å². The number of anilines is 2. The molecule has 34 heavy (non-hydrogen) atoms. The average molecular weight is 468 g/mol. The van der Waals surface area contributed by atoms with Gasteiger partial charge in [-0.2, -0.15) is 0 Å². The monoisotopic (exact) mass is 467 g/mol. The molecular formula is C26H33N3O5. The molecule has 1 unspecified atom stereocenters. The van der Waals surface area contributed by atoms with Gasteiger partial charge in [0.25, 0.3) is 11.8 Å². The maximum Gasteiger partial charge on any atom is 0.263 e. The number of nitrogens with one attached hydrogen (secondary N) is 2. The van der Waals surface area contributed by atoms with Crippen molar-refractivity contribution in [3.8, 4) is 11.5 Å². The van der Waals surface area contributed by atoms with E-state index in [9.17, 15) is 9.59 Å². The first-order valence-corrected chi connectivity index (χ1v) is 11.9. The van der Waals surface area contributed by atoms with Crippen molar-refractivity contribution < 1.29 is 23.8 Å². The number of amides is 2. The first-order chi connectivity index (χ1) is 16.6. The van der Waals surface area contributed by atoms with E-state index < -0.39 is 0 Å². The molecule has 2 saturated heterocycles. The number of ether oxygens (including phenoxy) is 3. The third kappa shape index (κ3) is 5.44. The summed E-state index contributed by atoms with van der Waals surface area (Å²) in [5.74, 6) is 0.292. The van der Waals surface area contributed by atoms with E-state index in [1.807, 2.05) is 12.1 Å². The van der Waals surface area contributed by atoms with Gasteiger partial charge in [0.1, 0.15) is 17.1 Å². The third-order valence-corrected chi connectivity index (χ3v) is 6.36. The predicted octanol–water partition coefficient (Wildman–Crippen LogP) is 3.86. The van der Waals surface area contributed by atoms with E-state index in [-0.39, 0.29) is 17.9 Å². The van der Waals surface area contributed by atoms with Gasteiger partial charge in [-0.25, -0.2) is 0 Å². The van der Waals surface area contributed by atoms with E-state index in [0.29, 0.717) is 34.9 Å². The number of methoxy groups -OCH3 is 2. The van der Waals surface area contributed by atoms with Crippen molar-refractivity contribution >= 4 is 23.2 Å². The molecular weight excluding hydrogens is 434 g/mol. The molecule has 1 atom stereocenters. The van der Waals surface area contributed by atoms with Gasteiger partial charge in [-0.1, -0.05) is 6.07 Å². The maximum atomic E-state index is 13.2. The molecule has 2 N–H and O–H groups in total. The predicted molar refractivity (Wildman–Crippen MR) is 131 cm³/mol. The summed E-state index contributed by atoms with van der Waals surface area (Å²) in [7, 11) is 3.02. The number of hydrogen-bond acceptors (Lipinski definition) is 6. The van der Waals surface area contributed by atoms with Crippen LogP contribution in [0.15, 0.2) is 36.4 Å². The van der Waals surface area contributed by atoms with E-state index in [1.165, 1.54) is 20.6 Å². The van der Waals surface area contributed by atoms with Crippen LogP contribution < -0.4 is 25.0 Å². The number of carbonyl (C=O) groups is 2. The van der Waals surface area contributed by atoms with Crippen molar-refractivity contribution in [2.75, 3.05) is 50.7 Å². The highest BCUT2D eigenvalue weighted by atomic mass is 16.5. The largest absolute Gasteiger partial charge is 0.496 e. The Morgan fingerprint density at radius 3 is 2.38 bits per heavy atom. The van der Waals surface area contributed by atoms with Gasteiger partial charge in [0.15, 0.2) is 0 Å². The summed E-state index contributed by atoms with van der Waals surface area (Å²) in [6.07, 6.45) is 5.44. The summed E-state index contributed by atoms with van der Waals surface area (Å²) < 4.78 is 16.4. The first-order valence-electron chi connectivity index (χ1n) is 11.9. The molecule has 2 fully saturated rings. The number of piperidine rings is 1. The van der Waals surface area contributed by atoms with Gasteiger partial charge in [-0.15, -0.1) is 0 Å². The Bertz CT molecular complexity index is 991. The Labute approximate surface area is 200 Å². The summed E-state index contributed by atoms with van der Waals surface area (Å²) in [6.45, 7) is 3.05. The molecule has 0 aromatic heterocycles. The SMILES string of the molecule is COc1cccc(OC)c1C(=O)Nc1ccc(N2CCCCC2)c(C(=O)NCC2CCCO2)c1. The maximum absolute atomic E-state index is 13.2. The molecule has 2 amide bonds. The Morgan fingerprint density at radius 2 is 1.74 bits per heavy atom. The zero-order chi connectivity index (χ0) is 23.9. The van der Waals surface area contributed by atoms with E-state index >= 15 is 0 Å². The Kier molecular flexibility index (Phi) is 7.90. The van der Waals surface area contributed by atoms with Crippen molar-refractivity contribution in [1.29, 1.82) is 0 Å². The van der Waals surface area contributed by atoms with Crippen LogP contribution in [0.1, 0.15) is 52.8 Å². The molecule has 8 heteroatoms. The van der Waals surface area contributed by atoms with Crippen LogP contribution in [0.2, 0.25) is 0 Å². The molecule has 0 saturated carbocycles. The molecule has 0 aliphatic carbocycles.